The maximum absolute atomic E-state index is 10.9. The van der Waals surface area contributed by atoms with Gasteiger partial charge in [0.15, 0.2) is 0 Å². The van der Waals surface area contributed by atoms with E-state index >= 15 is 0 Å². The zero-order valence-corrected chi connectivity index (χ0v) is 10.3. The molecule has 0 saturated carbocycles. The number of rotatable bonds is 6. The molecule has 0 saturated heterocycles. The van der Waals surface area contributed by atoms with E-state index in [1.807, 2.05) is 0 Å². The summed E-state index contributed by atoms with van der Waals surface area (Å²) < 4.78 is 57.9. The molecule has 0 heterocycles. The van der Waals surface area contributed by atoms with Crippen LogP contribution >= 0.6 is 0 Å². The summed E-state index contributed by atoms with van der Waals surface area (Å²) >= 11 is 0. The highest BCUT2D eigenvalue weighted by molar-refractivity contribution is 8.05. The van der Waals surface area contributed by atoms with Crippen LogP contribution in [0.15, 0.2) is 0 Å². The molecule has 1 unspecified atom stereocenters. The molecule has 0 spiro atoms. The molecule has 0 aliphatic heterocycles. The maximum atomic E-state index is 10.9. The largest absolute Gasteiger partial charge is 0.324 e. The quantitative estimate of drug-likeness (QED) is 0.444. The molecule has 0 aromatic carbocycles. The second-order valence-corrected chi connectivity index (χ2v) is 6.93. The molecule has 0 radical (unpaired) electrons. The Labute approximate surface area is 94.5 Å². The first kappa shape index (κ1) is 15.7. The molecular weight excluding hydrogens is 260 g/mol. The standard InChI is InChI=1S/C6H16N2O6S2/c1-2-3-4-5(7)6(8,15(9,10)11)16(12,13)14/h5H,2-4,7-8H2,1H3,(H,9,10,11)(H,12,13,14). The van der Waals surface area contributed by atoms with Crippen LogP contribution in [0, 0.1) is 0 Å². The molecule has 0 amide bonds. The van der Waals surface area contributed by atoms with Crippen LogP contribution in [0.2, 0.25) is 0 Å². The van der Waals surface area contributed by atoms with Crippen LogP contribution in [0.1, 0.15) is 26.2 Å². The van der Waals surface area contributed by atoms with Crippen molar-refractivity contribution in [3.63, 3.8) is 0 Å². The highest BCUT2D eigenvalue weighted by atomic mass is 32.3. The van der Waals surface area contributed by atoms with E-state index in [9.17, 15) is 16.8 Å². The monoisotopic (exact) mass is 276 g/mol. The average Bonchev–Trinajstić information content (AvgIpc) is 2.08. The molecule has 16 heavy (non-hydrogen) atoms. The lowest BCUT2D eigenvalue weighted by molar-refractivity contribution is 0.388. The van der Waals surface area contributed by atoms with Crippen LogP contribution in [0.4, 0.5) is 0 Å². The van der Waals surface area contributed by atoms with Gasteiger partial charge in [-0.25, -0.2) is 0 Å². The van der Waals surface area contributed by atoms with Crippen molar-refractivity contribution < 1.29 is 25.9 Å². The minimum Gasteiger partial charge on any atom is -0.324 e. The van der Waals surface area contributed by atoms with Crippen molar-refractivity contribution in [3.05, 3.63) is 0 Å². The first-order chi connectivity index (χ1) is 6.98. The average molecular weight is 276 g/mol. The smallest absolute Gasteiger partial charge is 0.303 e. The highest BCUT2D eigenvalue weighted by Gasteiger charge is 2.55. The number of nitrogens with two attached hydrogens (primary N) is 2. The van der Waals surface area contributed by atoms with Crippen LogP contribution in [0.3, 0.4) is 0 Å². The Balaban J connectivity index is 5.46. The summed E-state index contributed by atoms with van der Waals surface area (Å²) in [4.78, 5) is 0. The Morgan fingerprint density at radius 3 is 1.81 bits per heavy atom. The number of unbranched alkanes of at least 4 members (excludes halogenated alkanes) is 1. The van der Waals surface area contributed by atoms with Crippen molar-refractivity contribution in [2.45, 2.75) is 36.4 Å². The van der Waals surface area contributed by atoms with Gasteiger partial charge in [0.2, 0.25) is 0 Å². The Kier molecular flexibility index (Phi) is 4.86. The van der Waals surface area contributed by atoms with Gasteiger partial charge in [-0.3, -0.25) is 14.8 Å². The summed E-state index contributed by atoms with van der Waals surface area (Å²) in [5, 5.41) is 0. The van der Waals surface area contributed by atoms with Gasteiger partial charge in [0.25, 0.3) is 4.20 Å². The predicted molar refractivity (Wildman–Crippen MR) is 57.5 cm³/mol. The van der Waals surface area contributed by atoms with Crippen LogP contribution in [0.25, 0.3) is 0 Å². The second kappa shape index (κ2) is 4.94. The summed E-state index contributed by atoms with van der Waals surface area (Å²) in [7, 11) is -10.5. The van der Waals surface area contributed by atoms with E-state index in [1.54, 1.807) is 6.92 Å². The van der Waals surface area contributed by atoms with Crippen molar-refractivity contribution in [1.82, 2.24) is 0 Å². The van der Waals surface area contributed by atoms with Crippen LogP contribution in [-0.2, 0) is 20.2 Å². The topological polar surface area (TPSA) is 161 Å². The first-order valence-electron chi connectivity index (χ1n) is 4.47. The molecule has 1 atom stereocenters. The van der Waals surface area contributed by atoms with E-state index in [0.717, 1.165) is 0 Å². The molecule has 0 aromatic heterocycles. The summed E-state index contributed by atoms with van der Waals surface area (Å²) in [6, 6.07) is -1.61. The van der Waals surface area contributed by atoms with Crippen LogP contribution < -0.4 is 11.5 Å². The van der Waals surface area contributed by atoms with E-state index in [2.05, 4.69) is 0 Å². The summed E-state index contributed by atoms with van der Waals surface area (Å²) in [5.41, 5.74) is 10.3. The summed E-state index contributed by atoms with van der Waals surface area (Å²) in [5.74, 6) is 0. The third-order valence-electron chi connectivity index (χ3n) is 2.19. The Hall–Kier alpha value is -0.260. The van der Waals surface area contributed by atoms with Gasteiger partial charge >= 0.3 is 20.2 Å². The van der Waals surface area contributed by atoms with Crippen LogP contribution in [-0.4, -0.2) is 36.2 Å². The molecule has 98 valence electrons. The van der Waals surface area contributed by atoms with E-state index in [1.165, 1.54) is 0 Å². The van der Waals surface area contributed by atoms with Gasteiger partial charge in [0.1, 0.15) is 0 Å². The van der Waals surface area contributed by atoms with Gasteiger partial charge in [-0.05, 0) is 6.42 Å². The fraction of sp³-hybridized carbons (Fsp3) is 1.00. The normalized spacial score (nSPS) is 16.1. The maximum Gasteiger partial charge on any atom is 0.303 e. The molecule has 0 aromatic rings. The lowest BCUT2D eigenvalue weighted by atomic mass is 10.1. The van der Waals surface area contributed by atoms with Gasteiger partial charge < -0.3 is 5.73 Å². The third-order valence-corrected chi connectivity index (χ3v) is 5.67. The van der Waals surface area contributed by atoms with E-state index in [4.69, 9.17) is 20.6 Å². The second-order valence-electron chi connectivity index (χ2n) is 3.42. The molecule has 6 N–H and O–H groups in total. The molecule has 0 aliphatic rings. The molecular formula is C6H16N2O6S2. The SMILES string of the molecule is CCCCC(N)C(N)(S(=O)(=O)O)S(=O)(=O)O. The molecule has 0 fully saturated rings. The van der Waals surface area contributed by atoms with Crippen molar-refractivity contribution in [2.75, 3.05) is 0 Å². The molecule has 10 heteroatoms. The lowest BCUT2D eigenvalue weighted by Crippen LogP contribution is -2.65. The molecule has 0 rings (SSSR count). The van der Waals surface area contributed by atoms with E-state index in [0.29, 0.717) is 12.8 Å². The first-order valence-corrected chi connectivity index (χ1v) is 7.35. The molecule has 8 nitrogen and oxygen atoms in total. The van der Waals surface area contributed by atoms with Gasteiger partial charge in [-0.2, -0.15) is 16.8 Å². The van der Waals surface area contributed by atoms with Gasteiger partial charge in [0, 0.05) is 0 Å². The fourth-order valence-corrected chi connectivity index (χ4v) is 3.21. The van der Waals surface area contributed by atoms with E-state index < -0.39 is 30.5 Å². The Morgan fingerprint density at radius 1 is 1.19 bits per heavy atom. The van der Waals surface area contributed by atoms with Gasteiger partial charge in [-0.15, -0.1) is 0 Å². The Morgan fingerprint density at radius 2 is 1.56 bits per heavy atom. The zero-order chi connectivity index (χ0) is 13.2. The van der Waals surface area contributed by atoms with Crippen molar-refractivity contribution in [1.29, 1.82) is 0 Å². The number of hydrogen-bond acceptors (Lipinski definition) is 6. The highest BCUT2D eigenvalue weighted by Crippen LogP contribution is 2.23. The Bertz CT molecular complexity index is 396. The fourth-order valence-electron chi connectivity index (χ4n) is 1.14. The van der Waals surface area contributed by atoms with Gasteiger partial charge in [0.05, 0.1) is 6.04 Å². The third kappa shape index (κ3) is 2.90. The van der Waals surface area contributed by atoms with Crippen molar-refractivity contribution in [2.24, 2.45) is 11.5 Å². The summed E-state index contributed by atoms with van der Waals surface area (Å²) in [6.07, 6.45) is 0.971. The summed E-state index contributed by atoms with van der Waals surface area (Å²) in [6.45, 7) is 1.77. The molecule has 0 bridgehead atoms. The minimum atomic E-state index is -5.24. The van der Waals surface area contributed by atoms with Gasteiger partial charge in [-0.1, -0.05) is 19.8 Å². The number of hydrogen-bond donors (Lipinski definition) is 4. The predicted octanol–water partition coefficient (Wildman–Crippen LogP) is -1.11. The van der Waals surface area contributed by atoms with Crippen LogP contribution in [0.5, 0.6) is 0 Å². The molecule has 0 aliphatic carbocycles. The minimum absolute atomic E-state index is 0.0629. The van der Waals surface area contributed by atoms with E-state index in [-0.39, 0.29) is 6.42 Å². The van der Waals surface area contributed by atoms with Crippen molar-refractivity contribution >= 4 is 20.2 Å². The van der Waals surface area contributed by atoms with Crippen molar-refractivity contribution in [3.8, 4) is 0 Å². The zero-order valence-electron chi connectivity index (χ0n) is 8.70. The lowest BCUT2D eigenvalue weighted by Gasteiger charge is -2.28.